The number of nitrogens with zero attached hydrogens (tertiary/aromatic N) is 3. The average Bonchev–Trinajstić information content (AvgIpc) is 3.33. The van der Waals surface area contributed by atoms with Crippen molar-refractivity contribution >= 4 is 5.91 Å². The van der Waals surface area contributed by atoms with Crippen molar-refractivity contribution in [1.82, 2.24) is 14.9 Å². The zero-order chi connectivity index (χ0) is 23.9. The molecular formula is C27H30FN3O3. The van der Waals surface area contributed by atoms with E-state index in [1.807, 2.05) is 24.3 Å². The van der Waals surface area contributed by atoms with Crippen molar-refractivity contribution in [2.24, 2.45) is 11.8 Å². The fourth-order valence-corrected chi connectivity index (χ4v) is 4.82. The third-order valence-electron chi connectivity index (χ3n) is 6.63. The quantitative estimate of drug-likeness (QED) is 0.470. The van der Waals surface area contributed by atoms with Crippen molar-refractivity contribution in [3.8, 4) is 0 Å². The van der Waals surface area contributed by atoms with Crippen LogP contribution in [-0.2, 0) is 13.0 Å². The minimum Gasteiger partial charge on any atom is -0.395 e. The molecule has 2 N–H and O–H groups in total. The van der Waals surface area contributed by atoms with Crippen LogP contribution < -0.4 is 0 Å². The van der Waals surface area contributed by atoms with Gasteiger partial charge < -0.3 is 15.1 Å². The first-order valence-electron chi connectivity index (χ1n) is 11.7. The number of halogens is 1. The van der Waals surface area contributed by atoms with E-state index >= 15 is 0 Å². The molecule has 1 aliphatic carbocycles. The molecule has 6 nitrogen and oxygen atoms in total. The molecule has 0 aliphatic heterocycles. The highest BCUT2D eigenvalue weighted by molar-refractivity contribution is 5.94. The Morgan fingerprint density at radius 3 is 2.62 bits per heavy atom. The highest BCUT2D eigenvalue weighted by atomic mass is 19.1. The minimum atomic E-state index is -0.614. The molecule has 178 valence electrons. The molecule has 1 fully saturated rings. The van der Waals surface area contributed by atoms with Gasteiger partial charge in [0.15, 0.2) is 0 Å². The lowest BCUT2D eigenvalue weighted by molar-refractivity contribution is 0.0705. The second kappa shape index (κ2) is 11.3. The van der Waals surface area contributed by atoms with E-state index in [1.165, 1.54) is 11.1 Å². The van der Waals surface area contributed by atoms with Crippen LogP contribution >= 0.6 is 0 Å². The lowest BCUT2D eigenvalue weighted by Gasteiger charge is -2.22. The molecule has 3 aromatic rings. The van der Waals surface area contributed by atoms with E-state index in [0.717, 1.165) is 36.8 Å². The molecular weight excluding hydrogens is 433 g/mol. The van der Waals surface area contributed by atoms with Crippen LogP contribution in [-0.4, -0.2) is 44.1 Å². The number of rotatable bonds is 9. The first kappa shape index (κ1) is 24.0. The Kier molecular flexibility index (Phi) is 7.98. The van der Waals surface area contributed by atoms with Gasteiger partial charge in [0, 0.05) is 36.3 Å². The zero-order valence-corrected chi connectivity index (χ0v) is 19.1. The Hall–Kier alpha value is -3.16. The number of benzene rings is 1. The van der Waals surface area contributed by atoms with Gasteiger partial charge in [-0.2, -0.15) is 4.39 Å². The van der Waals surface area contributed by atoms with Crippen LogP contribution in [0.4, 0.5) is 4.39 Å². The maximum Gasteiger partial charge on any atom is 0.254 e. The third kappa shape index (κ3) is 5.85. The molecule has 1 aliphatic rings. The van der Waals surface area contributed by atoms with Crippen LogP contribution in [0, 0.1) is 17.8 Å². The highest BCUT2D eigenvalue weighted by Crippen LogP contribution is 2.40. The Balaban J connectivity index is 1.36. The second-order valence-electron chi connectivity index (χ2n) is 8.98. The number of hydrogen-bond acceptors (Lipinski definition) is 5. The van der Waals surface area contributed by atoms with Gasteiger partial charge in [0.05, 0.1) is 19.3 Å². The topological polar surface area (TPSA) is 86.5 Å². The van der Waals surface area contributed by atoms with E-state index in [4.69, 9.17) is 0 Å². The van der Waals surface area contributed by atoms with Gasteiger partial charge in [0.2, 0.25) is 5.95 Å². The second-order valence-corrected chi connectivity index (χ2v) is 8.98. The number of hydrogen-bond donors (Lipinski definition) is 2. The molecule has 4 rings (SSSR count). The van der Waals surface area contributed by atoms with Gasteiger partial charge >= 0.3 is 0 Å². The van der Waals surface area contributed by atoms with Gasteiger partial charge in [0.25, 0.3) is 5.91 Å². The summed E-state index contributed by atoms with van der Waals surface area (Å²) in [6.45, 7) is -0.0549. The summed E-state index contributed by atoms with van der Waals surface area (Å²) < 4.78 is 13.9. The summed E-state index contributed by atoms with van der Waals surface area (Å²) in [5.41, 5.74) is 2.82. The molecule has 0 unspecified atom stereocenters. The molecule has 0 radical (unpaired) electrons. The maximum absolute atomic E-state index is 13.9. The van der Waals surface area contributed by atoms with E-state index in [-0.39, 0.29) is 31.5 Å². The number of amides is 1. The van der Waals surface area contributed by atoms with Crippen LogP contribution in [0.15, 0.2) is 67.1 Å². The summed E-state index contributed by atoms with van der Waals surface area (Å²) in [6.07, 6.45) is 8.22. The first-order chi connectivity index (χ1) is 16.5. The van der Waals surface area contributed by atoms with Gasteiger partial charge in [0.1, 0.15) is 0 Å². The number of aliphatic hydroxyl groups excluding tert-OH is 2. The predicted molar refractivity (Wildman–Crippen MR) is 126 cm³/mol. The summed E-state index contributed by atoms with van der Waals surface area (Å²) in [7, 11) is 0. The molecule has 1 saturated carbocycles. The Morgan fingerprint density at radius 1 is 1.12 bits per heavy atom. The van der Waals surface area contributed by atoms with E-state index in [1.54, 1.807) is 36.7 Å². The predicted octanol–water partition coefficient (Wildman–Crippen LogP) is 3.94. The van der Waals surface area contributed by atoms with Gasteiger partial charge in [-0.3, -0.25) is 9.78 Å². The van der Waals surface area contributed by atoms with Crippen molar-refractivity contribution in [3.63, 3.8) is 0 Å². The molecule has 1 aromatic carbocycles. The number of pyridine rings is 2. The fourth-order valence-electron chi connectivity index (χ4n) is 4.82. The van der Waals surface area contributed by atoms with Crippen LogP contribution in [0.3, 0.4) is 0 Å². The van der Waals surface area contributed by atoms with E-state index in [2.05, 4.69) is 9.97 Å². The van der Waals surface area contributed by atoms with Crippen molar-refractivity contribution in [1.29, 1.82) is 0 Å². The van der Waals surface area contributed by atoms with Gasteiger partial charge in [-0.25, -0.2) is 4.98 Å². The summed E-state index contributed by atoms with van der Waals surface area (Å²) in [5, 5.41) is 20.1. The Morgan fingerprint density at radius 2 is 1.91 bits per heavy atom. The molecule has 0 saturated heterocycles. The highest BCUT2D eigenvalue weighted by Gasteiger charge is 2.31. The Labute approximate surface area is 199 Å². The molecule has 2 heterocycles. The summed E-state index contributed by atoms with van der Waals surface area (Å²) >= 11 is 0. The Bertz CT molecular complexity index is 1080. The van der Waals surface area contributed by atoms with Crippen molar-refractivity contribution in [3.05, 3.63) is 95.3 Å². The average molecular weight is 464 g/mol. The van der Waals surface area contributed by atoms with E-state index < -0.39 is 12.1 Å². The van der Waals surface area contributed by atoms with Crippen LogP contribution in [0.5, 0.6) is 0 Å². The number of aliphatic hydroxyl groups is 2. The van der Waals surface area contributed by atoms with Crippen LogP contribution in [0.1, 0.15) is 52.4 Å². The SMILES string of the molecule is O=C(c1ccc(C[C@@H]2CC[C@H]([C@H](O)c3cccnc3)C2)cc1)N(CCO)Cc1cccnc1F. The van der Waals surface area contributed by atoms with Crippen LogP contribution in [0.2, 0.25) is 0 Å². The zero-order valence-electron chi connectivity index (χ0n) is 19.1. The molecule has 2 aromatic heterocycles. The molecule has 1 amide bonds. The smallest absolute Gasteiger partial charge is 0.254 e. The number of aromatic nitrogens is 2. The molecule has 3 atom stereocenters. The van der Waals surface area contributed by atoms with Gasteiger partial charge in [-0.15, -0.1) is 0 Å². The van der Waals surface area contributed by atoms with Crippen molar-refractivity contribution in [2.75, 3.05) is 13.2 Å². The fraction of sp³-hybridized carbons (Fsp3) is 0.370. The normalized spacial score (nSPS) is 18.6. The van der Waals surface area contributed by atoms with E-state index in [9.17, 15) is 19.4 Å². The summed E-state index contributed by atoms with van der Waals surface area (Å²) in [5.74, 6) is -0.159. The first-order valence-corrected chi connectivity index (χ1v) is 11.7. The summed E-state index contributed by atoms with van der Waals surface area (Å²) in [6, 6.07) is 14.5. The molecule has 34 heavy (non-hydrogen) atoms. The largest absolute Gasteiger partial charge is 0.395 e. The van der Waals surface area contributed by atoms with E-state index in [0.29, 0.717) is 17.0 Å². The molecule has 0 spiro atoms. The van der Waals surface area contributed by atoms with Crippen LogP contribution in [0.25, 0.3) is 0 Å². The van der Waals surface area contributed by atoms with Gasteiger partial charge in [-0.05, 0) is 72.9 Å². The van der Waals surface area contributed by atoms with Crippen molar-refractivity contribution in [2.45, 2.75) is 38.3 Å². The minimum absolute atomic E-state index is 0.0452. The molecule has 7 heteroatoms. The van der Waals surface area contributed by atoms with Crippen molar-refractivity contribution < 1.29 is 19.4 Å². The standard InChI is InChI=1S/C27H30FN3O3/c28-26-24(4-2-12-30-26)18-31(13-14-32)27(34)21-8-5-19(6-9-21)15-20-7-10-22(16-20)25(33)23-3-1-11-29-17-23/h1-6,8-9,11-12,17,20,22,25,32-33H,7,10,13-16,18H2/t20-,22-,25-/m0/s1. The lowest BCUT2D eigenvalue weighted by atomic mass is 9.92. The van der Waals surface area contributed by atoms with Gasteiger partial charge in [-0.1, -0.05) is 24.3 Å². The summed E-state index contributed by atoms with van der Waals surface area (Å²) in [4.78, 5) is 22.2. The monoisotopic (exact) mass is 463 g/mol. The number of carbonyl (C=O) groups excluding carboxylic acids is 1. The maximum atomic E-state index is 13.9. The molecule has 0 bridgehead atoms. The lowest BCUT2D eigenvalue weighted by Crippen LogP contribution is -2.33. The third-order valence-corrected chi connectivity index (χ3v) is 6.63. The number of carbonyl (C=O) groups is 1.